The molecule has 7 nitrogen and oxygen atoms in total. The van der Waals surface area contributed by atoms with Crippen molar-refractivity contribution in [1.82, 2.24) is 0 Å². The number of carboxylic acids is 1. The number of nitro benzene ring substituents is 1. The minimum Gasteiger partial charge on any atom is -0.500 e. The fourth-order valence-electron chi connectivity index (χ4n) is 1.57. The minimum absolute atomic E-state index is 0.0450. The molecule has 0 spiro atoms. The number of aromatic hydroxyl groups is 1. The molecule has 0 heterocycles. The molecule has 0 aliphatic heterocycles. The van der Waals surface area contributed by atoms with Gasteiger partial charge in [-0.2, -0.15) is 0 Å². The maximum atomic E-state index is 10.8. The van der Waals surface area contributed by atoms with Gasteiger partial charge in [0.05, 0.1) is 18.5 Å². The van der Waals surface area contributed by atoms with Crippen molar-refractivity contribution in [3.05, 3.63) is 27.8 Å². The fourth-order valence-corrected chi connectivity index (χ4v) is 1.57. The van der Waals surface area contributed by atoms with Crippen LogP contribution in [-0.4, -0.2) is 28.2 Å². The van der Waals surface area contributed by atoms with Crippen molar-refractivity contribution in [2.24, 2.45) is 0 Å². The van der Waals surface area contributed by atoms with Gasteiger partial charge in [-0.05, 0) is 17.5 Å². The van der Waals surface area contributed by atoms with Gasteiger partial charge in [0.15, 0.2) is 5.75 Å². The van der Waals surface area contributed by atoms with Gasteiger partial charge < -0.3 is 14.9 Å². The van der Waals surface area contributed by atoms with Gasteiger partial charge in [0, 0.05) is 6.07 Å². The zero-order chi connectivity index (χ0) is 13.9. The third kappa shape index (κ3) is 2.88. The van der Waals surface area contributed by atoms with E-state index in [2.05, 4.69) is 0 Å². The minimum atomic E-state index is -1.00. The number of benzene rings is 1. The van der Waals surface area contributed by atoms with Crippen LogP contribution in [0, 0.1) is 10.1 Å². The summed E-state index contributed by atoms with van der Waals surface area (Å²) in [5.41, 5.74) is -0.0691. The number of carbonyl (C=O) groups is 1. The van der Waals surface area contributed by atoms with Crippen molar-refractivity contribution in [2.45, 2.75) is 19.3 Å². The summed E-state index contributed by atoms with van der Waals surface area (Å²) in [6.45, 7) is 1.63. The number of methoxy groups -OCH3 is 1. The van der Waals surface area contributed by atoms with Crippen LogP contribution >= 0.6 is 0 Å². The third-order valence-electron chi connectivity index (χ3n) is 2.54. The second kappa shape index (κ2) is 5.35. The van der Waals surface area contributed by atoms with Crippen molar-refractivity contribution in [3.8, 4) is 11.5 Å². The number of carboxylic acid groups (broad SMARTS) is 1. The normalized spacial score (nSPS) is 11.9. The van der Waals surface area contributed by atoms with E-state index in [-0.39, 0.29) is 12.2 Å². The molecule has 0 amide bonds. The number of nitrogens with zero attached hydrogens (tertiary/aromatic N) is 1. The van der Waals surface area contributed by atoms with Gasteiger partial charge in [-0.25, -0.2) is 0 Å². The monoisotopic (exact) mass is 255 g/mol. The van der Waals surface area contributed by atoms with E-state index in [4.69, 9.17) is 9.84 Å². The van der Waals surface area contributed by atoms with Gasteiger partial charge in [-0.1, -0.05) is 6.92 Å². The molecule has 1 aromatic rings. The number of aliphatic carboxylic acids is 1. The quantitative estimate of drug-likeness (QED) is 0.614. The largest absolute Gasteiger partial charge is 0.500 e. The summed E-state index contributed by atoms with van der Waals surface area (Å²) >= 11 is 0. The van der Waals surface area contributed by atoms with Crippen LogP contribution in [0.3, 0.4) is 0 Å². The van der Waals surface area contributed by atoms with Crippen LogP contribution in [0.1, 0.15) is 24.8 Å². The summed E-state index contributed by atoms with van der Waals surface area (Å²) in [5.74, 6) is -2.03. The second-order valence-corrected chi connectivity index (χ2v) is 3.85. The molecule has 1 atom stereocenters. The lowest BCUT2D eigenvalue weighted by atomic mass is 9.97. The van der Waals surface area contributed by atoms with E-state index in [9.17, 15) is 20.0 Å². The molecule has 0 fully saturated rings. The van der Waals surface area contributed by atoms with Crippen LogP contribution in [0.15, 0.2) is 12.1 Å². The molecule has 0 saturated heterocycles. The number of ether oxygens (including phenoxy) is 1. The van der Waals surface area contributed by atoms with Crippen molar-refractivity contribution in [1.29, 1.82) is 0 Å². The number of phenols is 1. The highest BCUT2D eigenvalue weighted by atomic mass is 16.6. The molecule has 0 aliphatic rings. The van der Waals surface area contributed by atoms with E-state index >= 15 is 0 Å². The molecule has 1 rings (SSSR count). The van der Waals surface area contributed by atoms with Crippen LogP contribution in [0.2, 0.25) is 0 Å². The molecule has 0 aliphatic carbocycles. The predicted molar refractivity (Wildman–Crippen MR) is 62.0 cm³/mol. The van der Waals surface area contributed by atoms with E-state index in [0.29, 0.717) is 5.56 Å². The van der Waals surface area contributed by atoms with Crippen LogP contribution in [0.4, 0.5) is 5.69 Å². The number of nitro groups is 1. The molecular weight excluding hydrogens is 242 g/mol. The third-order valence-corrected chi connectivity index (χ3v) is 2.54. The number of rotatable bonds is 5. The lowest BCUT2D eigenvalue weighted by Crippen LogP contribution is -2.04. The van der Waals surface area contributed by atoms with Gasteiger partial charge in [-0.15, -0.1) is 0 Å². The molecule has 0 saturated carbocycles. The Morgan fingerprint density at radius 2 is 2.17 bits per heavy atom. The smallest absolute Gasteiger partial charge is 0.314 e. The Kier molecular flexibility index (Phi) is 4.09. The number of phenolic OH excluding ortho intramolecular Hbond substituents is 1. The molecule has 2 N–H and O–H groups in total. The predicted octanol–water partition coefficient (Wildman–Crippen LogP) is 1.89. The lowest BCUT2D eigenvalue weighted by Gasteiger charge is -2.12. The van der Waals surface area contributed by atoms with Gasteiger partial charge in [0.2, 0.25) is 5.75 Å². The van der Waals surface area contributed by atoms with Gasteiger partial charge in [0.25, 0.3) is 0 Å². The summed E-state index contributed by atoms with van der Waals surface area (Å²) < 4.78 is 4.83. The highest BCUT2D eigenvalue weighted by Crippen LogP contribution is 2.39. The Morgan fingerprint density at radius 1 is 1.56 bits per heavy atom. The molecule has 0 radical (unpaired) electrons. The van der Waals surface area contributed by atoms with E-state index in [1.807, 2.05) is 0 Å². The average molecular weight is 255 g/mol. The highest BCUT2D eigenvalue weighted by molar-refractivity contribution is 5.68. The highest BCUT2D eigenvalue weighted by Gasteiger charge is 2.22. The van der Waals surface area contributed by atoms with Gasteiger partial charge in [-0.3, -0.25) is 14.9 Å². The van der Waals surface area contributed by atoms with Crippen molar-refractivity contribution >= 4 is 11.7 Å². The van der Waals surface area contributed by atoms with Gasteiger partial charge >= 0.3 is 11.7 Å². The Bertz CT molecular complexity index is 485. The molecule has 1 aromatic carbocycles. The van der Waals surface area contributed by atoms with E-state index in [1.165, 1.54) is 13.2 Å². The first-order valence-electron chi connectivity index (χ1n) is 5.13. The summed E-state index contributed by atoms with van der Waals surface area (Å²) in [6, 6.07) is 2.56. The Hall–Kier alpha value is -2.31. The molecule has 18 heavy (non-hydrogen) atoms. The number of hydrogen-bond acceptors (Lipinski definition) is 5. The fraction of sp³-hybridized carbons (Fsp3) is 0.364. The van der Waals surface area contributed by atoms with Crippen LogP contribution in [0.5, 0.6) is 11.5 Å². The zero-order valence-electron chi connectivity index (χ0n) is 9.91. The summed E-state index contributed by atoms with van der Waals surface area (Å²) in [6.07, 6.45) is -0.162. The zero-order valence-corrected chi connectivity index (χ0v) is 9.91. The summed E-state index contributed by atoms with van der Waals surface area (Å²) in [4.78, 5) is 20.6. The summed E-state index contributed by atoms with van der Waals surface area (Å²) in [7, 11) is 1.27. The molecule has 98 valence electrons. The summed E-state index contributed by atoms with van der Waals surface area (Å²) in [5, 5.41) is 29.0. The first-order valence-corrected chi connectivity index (χ1v) is 5.13. The first kappa shape index (κ1) is 13.8. The maximum absolute atomic E-state index is 10.8. The van der Waals surface area contributed by atoms with E-state index in [0.717, 1.165) is 6.07 Å². The Morgan fingerprint density at radius 3 is 2.61 bits per heavy atom. The molecule has 7 heteroatoms. The van der Waals surface area contributed by atoms with Crippen LogP contribution < -0.4 is 4.74 Å². The van der Waals surface area contributed by atoms with E-state index < -0.39 is 28.2 Å². The SMILES string of the molecule is COc1cc(C(C)CC(=O)O)cc([N+](=O)[O-])c1O. The Labute approximate surface area is 103 Å². The molecule has 0 bridgehead atoms. The maximum Gasteiger partial charge on any atom is 0.314 e. The molecular formula is C11H13NO6. The van der Waals surface area contributed by atoms with Crippen molar-refractivity contribution < 1.29 is 24.7 Å². The Balaban J connectivity index is 3.25. The van der Waals surface area contributed by atoms with E-state index in [1.54, 1.807) is 6.92 Å². The van der Waals surface area contributed by atoms with Crippen molar-refractivity contribution in [3.63, 3.8) is 0 Å². The first-order chi connectivity index (χ1) is 8.36. The molecule has 0 aromatic heterocycles. The average Bonchev–Trinajstić information content (AvgIpc) is 2.27. The van der Waals surface area contributed by atoms with Gasteiger partial charge in [0.1, 0.15) is 0 Å². The lowest BCUT2D eigenvalue weighted by molar-refractivity contribution is -0.386. The number of hydrogen-bond donors (Lipinski definition) is 2. The standard InChI is InChI=1S/C11H13NO6/c1-6(3-10(13)14)7-4-8(12(16)17)11(15)9(5-7)18-2/h4-6,15H,3H2,1-2H3,(H,13,14). The second-order valence-electron chi connectivity index (χ2n) is 3.85. The van der Waals surface area contributed by atoms with Crippen LogP contribution in [0.25, 0.3) is 0 Å². The topological polar surface area (TPSA) is 110 Å². The molecule has 1 unspecified atom stereocenters. The van der Waals surface area contributed by atoms with Crippen molar-refractivity contribution in [2.75, 3.05) is 7.11 Å². The van der Waals surface area contributed by atoms with Crippen LogP contribution in [-0.2, 0) is 4.79 Å².